The minimum atomic E-state index is -4.64. The third-order valence-electron chi connectivity index (χ3n) is 14.3. The van der Waals surface area contributed by atoms with Gasteiger partial charge in [-0.15, -0.1) is 0 Å². The van der Waals surface area contributed by atoms with Gasteiger partial charge < -0.3 is 14.7 Å². The van der Waals surface area contributed by atoms with Crippen LogP contribution in [-0.4, -0.2) is 14.7 Å². The van der Waals surface area contributed by atoms with Crippen LogP contribution in [0.4, 0.5) is 0 Å². The molecule has 0 spiro atoms. The molecule has 6 aromatic carbocycles. The fourth-order valence-corrected chi connectivity index (χ4v) is 9.99. The molecule has 0 radical (unpaired) electrons. The summed E-state index contributed by atoms with van der Waals surface area (Å²) in [5.41, 5.74) is 23.1. The van der Waals surface area contributed by atoms with Crippen LogP contribution in [0.3, 0.4) is 0 Å². The molecule has 6 rings (SSSR count). The van der Waals surface area contributed by atoms with Crippen LogP contribution >= 0.6 is 7.82 Å². The Kier molecular flexibility index (Phi) is 16.4. The first kappa shape index (κ1) is 59.3. The molecule has 0 aliphatic rings. The summed E-state index contributed by atoms with van der Waals surface area (Å²) in [6, 6.07) is 43.8. The summed E-state index contributed by atoms with van der Waals surface area (Å²) in [6.07, 6.45) is 0. The Hall–Kier alpha value is -4.57. The Morgan fingerprint density at radius 1 is 0.274 bits per heavy atom. The smallest absolute Gasteiger partial charge is 0.303 e. The van der Waals surface area contributed by atoms with Crippen molar-refractivity contribution in [3.8, 4) is 55.6 Å². The quantitative estimate of drug-likeness (QED) is 0.150. The SMILES string of the molecule is CC(C)(C)c1ccc(-c2cc(-c3ccc(C(C)(C)C)cc3C(C)(C)C)c(-c3ccc(C(C)(C)C)cc3C(C)(C)C)c(-c3ccc(C(C)(C)C)cc3C(C)(C)C)c2-c2ccccc2)c(C(C)(C)C)c1.O=P(O)(O)O. The van der Waals surface area contributed by atoms with Crippen molar-refractivity contribution < 1.29 is 19.2 Å². The van der Waals surface area contributed by atoms with Crippen LogP contribution in [0, 0.1) is 0 Å². The van der Waals surface area contributed by atoms with Crippen molar-refractivity contribution in [3.63, 3.8) is 0 Å². The zero-order valence-electron chi connectivity index (χ0n) is 49.6. The minimum Gasteiger partial charge on any atom is -0.303 e. The van der Waals surface area contributed by atoms with Gasteiger partial charge in [0.15, 0.2) is 0 Å². The highest BCUT2D eigenvalue weighted by atomic mass is 31.2. The standard InChI is InChI=1S/C68H90.H3O4P/c1-61(2,3)44-30-34-48(54(38-44)65(13,14)15)52-42-53(49-35-31-45(62(4,5)6)39-55(49)66(16,17)18)59(50-36-32-46(63(7,8)9)40-56(50)67(19,20)21)60(58(52)43-28-26-25-27-29-43)51-37-33-47(64(10,11)12)41-57(51)68(22,23)24;1-5(2,3)4/h25-42H,1-24H3;(H3,1,2,3,4). The van der Waals surface area contributed by atoms with Crippen LogP contribution in [-0.2, 0) is 47.9 Å². The summed E-state index contributed by atoms with van der Waals surface area (Å²) in [5, 5.41) is 0. The van der Waals surface area contributed by atoms with Gasteiger partial charge in [-0.3, -0.25) is 0 Å². The lowest BCUT2D eigenvalue weighted by atomic mass is 9.69. The highest BCUT2D eigenvalue weighted by Crippen LogP contribution is 2.56. The van der Waals surface area contributed by atoms with E-state index in [0.717, 1.165) is 0 Å². The zero-order chi connectivity index (χ0) is 55.6. The van der Waals surface area contributed by atoms with Gasteiger partial charge in [0.1, 0.15) is 0 Å². The first-order valence-electron chi connectivity index (χ1n) is 26.5. The molecule has 6 aromatic rings. The van der Waals surface area contributed by atoms with E-state index in [1.54, 1.807) is 0 Å². The van der Waals surface area contributed by atoms with Crippen molar-refractivity contribution in [2.45, 2.75) is 209 Å². The van der Waals surface area contributed by atoms with Gasteiger partial charge in [-0.2, -0.15) is 0 Å². The number of benzene rings is 6. The molecule has 0 fully saturated rings. The fraction of sp³-hybridized carbons (Fsp3) is 0.471. The minimum absolute atomic E-state index is 0.00361. The van der Waals surface area contributed by atoms with Gasteiger partial charge in [-0.25, -0.2) is 4.57 Å². The monoisotopic (exact) mass is 1000 g/mol. The van der Waals surface area contributed by atoms with E-state index < -0.39 is 7.82 Å². The maximum atomic E-state index is 8.88. The Bertz CT molecular complexity index is 2990. The molecule has 0 saturated heterocycles. The summed E-state index contributed by atoms with van der Waals surface area (Å²) >= 11 is 0. The van der Waals surface area contributed by atoms with E-state index in [-0.39, 0.29) is 43.3 Å². The molecule has 0 unspecified atom stereocenters. The second-order valence-electron chi connectivity index (χ2n) is 29.0. The van der Waals surface area contributed by atoms with E-state index in [1.165, 1.54) is 100 Å². The maximum Gasteiger partial charge on any atom is 0.466 e. The van der Waals surface area contributed by atoms with Gasteiger partial charge >= 0.3 is 7.82 Å². The average Bonchev–Trinajstić information content (AvgIpc) is 3.22. The number of hydrogen-bond acceptors (Lipinski definition) is 1. The van der Waals surface area contributed by atoms with Crippen LogP contribution in [0.15, 0.2) is 109 Å². The molecule has 0 heterocycles. The van der Waals surface area contributed by atoms with Crippen molar-refractivity contribution >= 4 is 7.82 Å². The summed E-state index contributed by atoms with van der Waals surface area (Å²) < 4.78 is 8.88. The molecule has 0 atom stereocenters. The van der Waals surface area contributed by atoms with E-state index in [1.807, 2.05) is 0 Å². The third kappa shape index (κ3) is 14.0. The lowest BCUT2D eigenvalue weighted by Gasteiger charge is -2.35. The molecule has 0 saturated carbocycles. The first-order chi connectivity index (χ1) is 32.8. The number of rotatable bonds is 5. The topological polar surface area (TPSA) is 77.8 Å². The van der Waals surface area contributed by atoms with Crippen LogP contribution < -0.4 is 0 Å². The van der Waals surface area contributed by atoms with E-state index in [0.29, 0.717) is 0 Å². The Morgan fingerprint density at radius 2 is 0.521 bits per heavy atom. The fourth-order valence-electron chi connectivity index (χ4n) is 9.99. The molecule has 394 valence electrons. The summed E-state index contributed by atoms with van der Waals surface area (Å²) in [4.78, 5) is 21.6. The molecular weight excluding hydrogens is 912 g/mol. The van der Waals surface area contributed by atoms with Gasteiger partial charge in [0.2, 0.25) is 0 Å². The Labute approximate surface area is 443 Å². The van der Waals surface area contributed by atoms with E-state index in [2.05, 4.69) is 275 Å². The average molecular weight is 1010 g/mol. The van der Waals surface area contributed by atoms with E-state index >= 15 is 0 Å². The molecule has 0 aliphatic heterocycles. The van der Waals surface area contributed by atoms with Crippen LogP contribution in [0.1, 0.15) is 211 Å². The molecule has 73 heavy (non-hydrogen) atoms. The zero-order valence-corrected chi connectivity index (χ0v) is 50.5. The second kappa shape index (κ2) is 20.2. The normalized spacial score (nSPS) is 13.5. The number of hydrogen-bond donors (Lipinski definition) is 3. The Balaban J connectivity index is 0.00000188. The molecule has 5 heteroatoms. The summed E-state index contributed by atoms with van der Waals surface area (Å²) in [7, 11) is -4.64. The first-order valence-corrected chi connectivity index (χ1v) is 28.0. The van der Waals surface area contributed by atoms with Crippen LogP contribution in [0.2, 0.25) is 0 Å². The second-order valence-corrected chi connectivity index (χ2v) is 30.0. The molecule has 0 amide bonds. The van der Waals surface area contributed by atoms with Gasteiger partial charge in [-0.05, 0) is 150 Å². The molecular formula is C68H93O4P. The molecule has 0 bridgehead atoms. The van der Waals surface area contributed by atoms with Crippen LogP contribution in [0.25, 0.3) is 55.6 Å². The van der Waals surface area contributed by atoms with E-state index in [9.17, 15) is 0 Å². The van der Waals surface area contributed by atoms with Gasteiger partial charge in [0.25, 0.3) is 0 Å². The highest BCUT2D eigenvalue weighted by Gasteiger charge is 2.35. The van der Waals surface area contributed by atoms with Gasteiger partial charge in [0, 0.05) is 0 Å². The van der Waals surface area contributed by atoms with Gasteiger partial charge in [-0.1, -0.05) is 269 Å². The van der Waals surface area contributed by atoms with Crippen molar-refractivity contribution in [2.75, 3.05) is 0 Å². The predicted octanol–water partition coefficient (Wildman–Crippen LogP) is 19.5. The molecule has 0 aromatic heterocycles. The molecule has 3 N–H and O–H groups in total. The van der Waals surface area contributed by atoms with Crippen molar-refractivity contribution in [1.82, 2.24) is 0 Å². The Morgan fingerprint density at radius 3 is 0.795 bits per heavy atom. The number of phosphoric acid groups is 1. The predicted molar refractivity (Wildman–Crippen MR) is 317 cm³/mol. The van der Waals surface area contributed by atoms with Crippen molar-refractivity contribution in [2.24, 2.45) is 0 Å². The lowest BCUT2D eigenvalue weighted by molar-refractivity contribution is 0.275. The largest absolute Gasteiger partial charge is 0.466 e. The van der Waals surface area contributed by atoms with E-state index in [4.69, 9.17) is 19.2 Å². The highest BCUT2D eigenvalue weighted by molar-refractivity contribution is 7.45. The maximum absolute atomic E-state index is 8.88. The third-order valence-corrected chi connectivity index (χ3v) is 14.3. The van der Waals surface area contributed by atoms with Crippen molar-refractivity contribution in [3.05, 3.63) is 154 Å². The summed E-state index contributed by atoms with van der Waals surface area (Å²) in [5.74, 6) is 0. The van der Waals surface area contributed by atoms with Crippen molar-refractivity contribution in [1.29, 1.82) is 0 Å². The molecule has 4 nitrogen and oxygen atoms in total. The van der Waals surface area contributed by atoms with Gasteiger partial charge in [0.05, 0.1) is 0 Å². The lowest BCUT2D eigenvalue weighted by Crippen LogP contribution is -2.20. The summed E-state index contributed by atoms with van der Waals surface area (Å²) in [6.45, 7) is 57.1. The van der Waals surface area contributed by atoms with Crippen LogP contribution in [0.5, 0.6) is 0 Å². The molecule has 0 aliphatic carbocycles.